The van der Waals surface area contributed by atoms with Gasteiger partial charge in [0.05, 0.1) is 0 Å². The Morgan fingerprint density at radius 1 is 1.25 bits per heavy atom. The van der Waals surface area contributed by atoms with Gasteiger partial charge in [0.2, 0.25) is 0 Å². The smallest absolute Gasteiger partial charge is 0.251 e. The Bertz CT molecular complexity index is 398. The summed E-state index contributed by atoms with van der Waals surface area (Å²) in [4.78, 5) is 14.3. The van der Waals surface area contributed by atoms with Crippen molar-refractivity contribution in [2.45, 2.75) is 13.3 Å². The maximum absolute atomic E-state index is 12.1. The predicted octanol–water partition coefficient (Wildman–Crippen LogP) is 1.55. The first-order valence-electron chi connectivity index (χ1n) is 6.88. The maximum Gasteiger partial charge on any atom is 0.251 e. The molecule has 0 aliphatic carbocycles. The van der Waals surface area contributed by atoms with Crippen LogP contribution in [0.2, 0.25) is 0 Å². The van der Waals surface area contributed by atoms with Gasteiger partial charge in [-0.05, 0) is 45.2 Å². The Kier molecular flexibility index (Phi) is 10.1. The van der Waals surface area contributed by atoms with Crippen molar-refractivity contribution in [1.29, 1.82) is 0 Å². The lowest BCUT2D eigenvalue weighted by molar-refractivity contribution is 0.0949. The van der Waals surface area contributed by atoms with Gasteiger partial charge in [-0.25, -0.2) is 0 Å². The van der Waals surface area contributed by atoms with Crippen LogP contribution in [-0.4, -0.2) is 51.1 Å². The summed E-state index contributed by atoms with van der Waals surface area (Å²) in [5, 5.41) is 6.09. The number of benzene rings is 1. The first-order valence-corrected chi connectivity index (χ1v) is 6.88. The monoisotopic (exact) mass is 299 g/mol. The summed E-state index contributed by atoms with van der Waals surface area (Å²) >= 11 is 0. The van der Waals surface area contributed by atoms with E-state index in [1.807, 2.05) is 38.4 Å². The van der Waals surface area contributed by atoms with Gasteiger partial charge in [-0.2, -0.15) is 0 Å². The summed E-state index contributed by atoms with van der Waals surface area (Å²) in [5.74, 6) is 0.0243. The van der Waals surface area contributed by atoms with Gasteiger partial charge in [0.25, 0.3) is 5.91 Å². The molecule has 20 heavy (non-hydrogen) atoms. The van der Waals surface area contributed by atoms with Gasteiger partial charge in [-0.1, -0.05) is 25.1 Å². The van der Waals surface area contributed by atoms with Crippen LogP contribution in [0.1, 0.15) is 22.8 Å². The number of carbonyl (C=O) groups excluding carboxylic acids is 1. The Hall–Kier alpha value is -1.10. The molecule has 2 N–H and O–H groups in total. The second-order valence-corrected chi connectivity index (χ2v) is 4.66. The minimum absolute atomic E-state index is 0. The maximum atomic E-state index is 12.1. The molecule has 0 atom stereocenters. The van der Waals surface area contributed by atoms with Crippen molar-refractivity contribution < 1.29 is 4.79 Å². The number of carbonyl (C=O) groups is 1. The summed E-state index contributed by atoms with van der Waals surface area (Å²) in [7, 11) is 3.97. The van der Waals surface area contributed by atoms with Gasteiger partial charge in [0.15, 0.2) is 0 Å². The number of nitrogens with zero attached hydrogens (tertiary/aromatic N) is 1. The molecule has 0 spiro atoms. The summed E-state index contributed by atoms with van der Waals surface area (Å²) in [6, 6.07) is 7.80. The number of halogens is 1. The first-order chi connectivity index (χ1) is 9.19. The molecular weight excluding hydrogens is 274 g/mol. The van der Waals surface area contributed by atoms with Gasteiger partial charge < -0.3 is 15.5 Å². The van der Waals surface area contributed by atoms with E-state index >= 15 is 0 Å². The fourth-order valence-corrected chi connectivity index (χ4v) is 1.83. The Labute approximate surface area is 128 Å². The minimum atomic E-state index is 0. The zero-order valence-electron chi connectivity index (χ0n) is 12.6. The highest BCUT2D eigenvalue weighted by Crippen LogP contribution is 2.09. The van der Waals surface area contributed by atoms with Gasteiger partial charge in [-0.3, -0.25) is 4.79 Å². The normalized spacial score (nSPS) is 10.2. The first kappa shape index (κ1) is 18.9. The molecule has 0 aromatic heterocycles. The van der Waals surface area contributed by atoms with Crippen LogP contribution in [0.4, 0.5) is 0 Å². The van der Waals surface area contributed by atoms with Crippen LogP contribution in [-0.2, 0) is 6.42 Å². The molecule has 0 saturated heterocycles. The van der Waals surface area contributed by atoms with Crippen molar-refractivity contribution in [2.75, 3.05) is 40.3 Å². The van der Waals surface area contributed by atoms with Crippen LogP contribution in [0.15, 0.2) is 24.3 Å². The molecule has 0 saturated carbocycles. The molecule has 1 rings (SSSR count). The average molecular weight is 300 g/mol. The van der Waals surface area contributed by atoms with E-state index in [-0.39, 0.29) is 18.3 Å². The van der Waals surface area contributed by atoms with Crippen molar-refractivity contribution in [2.24, 2.45) is 0 Å². The number of hydrogen-bond donors (Lipinski definition) is 2. The fourth-order valence-electron chi connectivity index (χ4n) is 1.83. The topological polar surface area (TPSA) is 44.4 Å². The van der Waals surface area contributed by atoms with Crippen LogP contribution in [0, 0.1) is 0 Å². The summed E-state index contributed by atoms with van der Waals surface area (Å²) in [5.41, 5.74) is 1.88. The van der Waals surface area contributed by atoms with E-state index in [4.69, 9.17) is 0 Å². The molecule has 0 unspecified atom stereocenters. The van der Waals surface area contributed by atoms with Crippen LogP contribution in [0.3, 0.4) is 0 Å². The molecular formula is C15H26ClN3O. The molecule has 0 bridgehead atoms. The fraction of sp³-hybridized carbons (Fsp3) is 0.533. The molecule has 0 aliphatic heterocycles. The Morgan fingerprint density at radius 3 is 2.60 bits per heavy atom. The van der Waals surface area contributed by atoms with Crippen LogP contribution >= 0.6 is 12.4 Å². The largest absolute Gasteiger partial charge is 0.351 e. The lowest BCUT2D eigenvalue weighted by atomic mass is 10.0. The number of hydrogen-bond acceptors (Lipinski definition) is 3. The summed E-state index contributed by atoms with van der Waals surface area (Å²) < 4.78 is 0. The lowest BCUT2D eigenvalue weighted by Gasteiger charge is -2.15. The van der Waals surface area contributed by atoms with Crippen molar-refractivity contribution in [3.63, 3.8) is 0 Å². The molecule has 0 radical (unpaired) electrons. The van der Waals surface area contributed by atoms with E-state index < -0.39 is 0 Å². The quantitative estimate of drug-likeness (QED) is 0.765. The van der Waals surface area contributed by atoms with Crippen LogP contribution in [0.5, 0.6) is 0 Å². The van der Waals surface area contributed by atoms with Gasteiger partial charge in [-0.15, -0.1) is 12.4 Å². The van der Waals surface area contributed by atoms with Crippen molar-refractivity contribution in [3.8, 4) is 0 Å². The van der Waals surface area contributed by atoms with E-state index in [1.54, 1.807) is 0 Å². The zero-order chi connectivity index (χ0) is 14.1. The number of likely N-dealkylation sites (N-methyl/N-ethyl adjacent to an activating group) is 2. The highest BCUT2D eigenvalue weighted by atomic mass is 35.5. The second-order valence-electron chi connectivity index (χ2n) is 4.66. The molecule has 0 heterocycles. The van der Waals surface area contributed by atoms with Crippen molar-refractivity contribution in [1.82, 2.24) is 15.5 Å². The van der Waals surface area contributed by atoms with E-state index in [0.717, 1.165) is 37.2 Å². The van der Waals surface area contributed by atoms with Crippen molar-refractivity contribution in [3.05, 3.63) is 35.4 Å². The van der Waals surface area contributed by atoms with E-state index in [9.17, 15) is 4.79 Å². The SMILES string of the molecule is CCN(C)CCNC(=O)c1ccccc1CCNC.Cl. The standard InChI is InChI=1S/C15H25N3O.ClH/c1-4-18(3)12-11-17-15(19)14-8-6-5-7-13(14)9-10-16-2;/h5-8,16H,4,9-12H2,1-3H3,(H,17,19);1H. The number of amides is 1. The van der Waals surface area contributed by atoms with Crippen LogP contribution < -0.4 is 10.6 Å². The Morgan fingerprint density at radius 2 is 1.95 bits per heavy atom. The number of nitrogens with one attached hydrogen (secondary N) is 2. The molecule has 4 nitrogen and oxygen atoms in total. The third-order valence-corrected chi connectivity index (χ3v) is 3.23. The minimum Gasteiger partial charge on any atom is -0.351 e. The molecule has 0 fully saturated rings. The third kappa shape index (κ3) is 6.37. The summed E-state index contributed by atoms with van der Waals surface area (Å²) in [6.07, 6.45) is 0.870. The summed E-state index contributed by atoms with van der Waals surface area (Å²) in [6.45, 7) is 5.54. The molecule has 1 aromatic carbocycles. The van der Waals surface area contributed by atoms with Crippen molar-refractivity contribution >= 4 is 18.3 Å². The average Bonchev–Trinajstić information content (AvgIpc) is 2.45. The molecule has 0 aliphatic rings. The second kappa shape index (κ2) is 10.7. The lowest BCUT2D eigenvalue weighted by Crippen LogP contribution is -2.33. The molecule has 1 amide bonds. The van der Waals surface area contributed by atoms with E-state index in [2.05, 4.69) is 22.5 Å². The van der Waals surface area contributed by atoms with Gasteiger partial charge in [0.1, 0.15) is 0 Å². The highest BCUT2D eigenvalue weighted by Gasteiger charge is 2.09. The van der Waals surface area contributed by atoms with Crippen LogP contribution in [0.25, 0.3) is 0 Å². The predicted molar refractivity (Wildman–Crippen MR) is 86.8 cm³/mol. The van der Waals surface area contributed by atoms with E-state index in [1.165, 1.54) is 0 Å². The van der Waals surface area contributed by atoms with Gasteiger partial charge in [0, 0.05) is 18.7 Å². The zero-order valence-corrected chi connectivity index (χ0v) is 13.4. The third-order valence-electron chi connectivity index (χ3n) is 3.23. The number of rotatable bonds is 8. The highest BCUT2D eigenvalue weighted by molar-refractivity contribution is 5.95. The van der Waals surface area contributed by atoms with E-state index in [0.29, 0.717) is 6.54 Å². The molecule has 114 valence electrons. The van der Waals surface area contributed by atoms with Gasteiger partial charge >= 0.3 is 0 Å². The molecule has 5 heteroatoms. The molecule has 1 aromatic rings. The Balaban J connectivity index is 0.00000361.